The van der Waals surface area contributed by atoms with Gasteiger partial charge in [-0.05, 0) is 24.1 Å². The minimum absolute atomic E-state index is 0.0914. The van der Waals surface area contributed by atoms with Crippen molar-refractivity contribution in [2.75, 3.05) is 7.11 Å². The standard InChI is InChI=1S/C15H17ClN2O3/c1-9(2)14-12(8-13(19)20)15(21-3)18(17-14)11-6-4-5-10(16)7-11/h4-7,9H,8H2,1-3H3,(H,19,20). The zero-order valence-corrected chi connectivity index (χ0v) is 12.9. The normalized spacial score (nSPS) is 10.9. The molecule has 0 radical (unpaired) electrons. The van der Waals surface area contributed by atoms with Crippen LogP contribution < -0.4 is 4.74 Å². The van der Waals surface area contributed by atoms with E-state index < -0.39 is 5.97 Å². The lowest BCUT2D eigenvalue weighted by Crippen LogP contribution is -2.05. The van der Waals surface area contributed by atoms with Crippen molar-refractivity contribution in [3.63, 3.8) is 0 Å². The number of hydrogen-bond donors (Lipinski definition) is 1. The fraction of sp³-hybridized carbons (Fsp3) is 0.333. The van der Waals surface area contributed by atoms with E-state index in [-0.39, 0.29) is 12.3 Å². The Morgan fingerprint density at radius 1 is 1.48 bits per heavy atom. The molecule has 0 aliphatic rings. The molecule has 1 N–H and O–H groups in total. The summed E-state index contributed by atoms with van der Waals surface area (Å²) in [6.07, 6.45) is -0.128. The predicted molar refractivity (Wildman–Crippen MR) is 80.6 cm³/mol. The molecule has 0 amide bonds. The SMILES string of the molecule is COc1c(CC(=O)O)c(C(C)C)nn1-c1cccc(Cl)c1. The molecule has 0 aliphatic heterocycles. The van der Waals surface area contributed by atoms with E-state index in [0.717, 1.165) is 5.69 Å². The second-order valence-electron chi connectivity index (χ2n) is 4.99. The summed E-state index contributed by atoms with van der Waals surface area (Å²) < 4.78 is 6.99. The third-order valence-corrected chi connectivity index (χ3v) is 3.32. The average molecular weight is 309 g/mol. The van der Waals surface area contributed by atoms with Crippen LogP contribution in [-0.4, -0.2) is 28.0 Å². The number of hydrogen-bond acceptors (Lipinski definition) is 3. The van der Waals surface area contributed by atoms with Gasteiger partial charge in [-0.15, -0.1) is 0 Å². The van der Waals surface area contributed by atoms with E-state index in [4.69, 9.17) is 21.4 Å². The molecule has 0 aliphatic carbocycles. The van der Waals surface area contributed by atoms with Gasteiger partial charge in [0.1, 0.15) is 0 Å². The van der Waals surface area contributed by atoms with Crippen LogP contribution in [0, 0.1) is 0 Å². The second kappa shape index (κ2) is 6.18. The molecule has 6 heteroatoms. The van der Waals surface area contributed by atoms with Gasteiger partial charge in [-0.1, -0.05) is 31.5 Å². The van der Waals surface area contributed by atoms with Crippen LogP contribution >= 0.6 is 11.6 Å². The van der Waals surface area contributed by atoms with Crippen LogP contribution in [0.5, 0.6) is 5.88 Å². The van der Waals surface area contributed by atoms with Crippen molar-refractivity contribution in [2.24, 2.45) is 0 Å². The van der Waals surface area contributed by atoms with E-state index >= 15 is 0 Å². The van der Waals surface area contributed by atoms with Crippen molar-refractivity contribution in [1.29, 1.82) is 0 Å². The first-order valence-corrected chi connectivity index (χ1v) is 6.95. The number of benzene rings is 1. The molecule has 1 heterocycles. The summed E-state index contributed by atoms with van der Waals surface area (Å²) in [6, 6.07) is 7.18. The Labute approximate surface area is 128 Å². The lowest BCUT2D eigenvalue weighted by Gasteiger charge is -2.07. The predicted octanol–water partition coefficient (Wildman–Crippen LogP) is 3.28. The quantitative estimate of drug-likeness (QED) is 0.920. The molecule has 0 unspecified atom stereocenters. The minimum atomic E-state index is -0.916. The number of carbonyl (C=O) groups is 1. The Hall–Kier alpha value is -2.01. The second-order valence-corrected chi connectivity index (χ2v) is 5.43. The lowest BCUT2D eigenvalue weighted by molar-refractivity contribution is -0.136. The third kappa shape index (κ3) is 3.19. The molecule has 5 nitrogen and oxygen atoms in total. The first kappa shape index (κ1) is 15.4. The van der Waals surface area contributed by atoms with Gasteiger partial charge in [0.2, 0.25) is 5.88 Å². The van der Waals surface area contributed by atoms with E-state index in [2.05, 4.69) is 5.10 Å². The fourth-order valence-corrected chi connectivity index (χ4v) is 2.41. The molecule has 0 fully saturated rings. The molecule has 2 rings (SSSR count). The van der Waals surface area contributed by atoms with Gasteiger partial charge in [0.15, 0.2) is 0 Å². The van der Waals surface area contributed by atoms with Crippen molar-refractivity contribution >= 4 is 17.6 Å². The van der Waals surface area contributed by atoms with E-state index in [9.17, 15) is 4.79 Å². The lowest BCUT2D eigenvalue weighted by atomic mass is 10.0. The number of aromatic nitrogens is 2. The maximum Gasteiger partial charge on any atom is 0.308 e. The van der Waals surface area contributed by atoms with E-state index in [1.807, 2.05) is 26.0 Å². The molecule has 0 saturated carbocycles. The van der Waals surface area contributed by atoms with Gasteiger partial charge in [-0.25, -0.2) is 4.68 Å². The zero-order chi connectivity index (χ0) is 15.6. The van der Waals surface area contributed by atoms with Gasteiger partial charge in [-0.3, -0.25) is 4.79 Å². The van der Waals surface area contributed by atoms with Crippen LogP contribution in [0.1, 0.15) is 31.0 Å². The summed E-state index contributed by atoms with van der Waals surface area (Å²) in [4.78, 5) is 11.1. The van der Waals surface area contributed by atoms with Crippen LogP contribution in [0.3, 0.4) is 0 Å². The number of halogens is 1. The number of ether oxygens (including phenoxy) is 1. The molecule has 21 heavy (non-hydrogen) atoms. The van der Waals surface area contributed by atoms with Gasteiger partial charge >= 0.3 is 5.97 Å². The largest absolute Gasteiger partial charge is 0.481 e. The summed E-state index contributed by atoms with van der Waals surface area (Å²) in [5.41, 5.74) is 2.05. The summed E-state index contributed by atoms with van der Waals surface area (Å²) >= 11 is 6.01. The molecule has 0 atom stereocenters. The third-order valence-electron chi connectivity index (χ3n) is 3.09. The van der Waals surface area contributed by atoms with Crippen molar-refractivity contribution in [1.82, 2.24) is 9.78 Å². The zero-order valence-electron chi connectivity index (χ0n) is 12.1. The number of carboxylic acid groups (broad SMARTS) is 1. The van der Waals surface area contributed by atoms with Crippen molar-refractivity contribution in [3.8, 4) is 11.6 Å². The molecule has 0 bridgehead atoms. The molecule has 2 aromatic rings. The highest BCUT2D eigenvalue weighted by Crippen LogP contribution is 2.31. The van der Waals surface area contributed by atoms with E-state index in [1.54, 1.807) is 16.8 Å². The van der Waals surface area contributed by atoms with Gasteiger partial charge in [0.25, 0.3) is 0 Å². The van der Waals surface area contributed by atoms with Gasteiger partial charge < -0.3 is 9.84 Å². The molecular weight excluding hydrogens is 292 g/mol. The summed E-state index contributed by atoms with van der Waals surface area (Å²) in [5.74, 6) is -0.391. The smallest absolute Gasteiger partial charge is 0.308 e. The Morgan fingerprint density at radius 3 is 2.71 bits per heavy atom. The van der Waals surface area contributed by atoms with E-state index in [1.165, 1.54) is 7.11 Å². The first-order valence-electron chi connectivity index (χ1n) is 6.57. The average Bonchev–Trinajstić information content (AvgIpc) is 2.76. The summed E-state index contributed by atoms with van der Waals surface area (Å²) in [7, 11) is 1.51. The van der Waals surface area contributed by atoms with Gasteiger partial charge in [-0.2, -0.15) is 5.10 Å². The molecule has 112 valence electrons. The monoisotopic (exact) mass is 308 g/mol. The van der Waals surface area contributed by atoms with Gasteiger partial charge in [0, 0.05) is 10.6 Å². The highest BCUT2D eigenvalue weighted by molar-refractivity contribution is 6.30. The maximum atomic E-state index is 11.1. The summed E-state index contributed by atoms with van der Waals surface area (Å²) in [5, 5.41) is 14.2. The maximum absolute atomic E-state index is 11.1. The minimum Gasteiger partial charge on any atom is -0.481 e. The molecule has 1 aromatic heterocycles. The van der Waals surface area contributed by atoms with Crippen LogP contribution in [0.15, 0.2) is 24.3 Å². The molecule has 0 saturated heterocycles. The van der Waals surface area contributed by atoms with Crippen LogP contribution in [0.25, 0.3) is 5.69 Å². The Balaban J connectivity index is 2.63. The van der Waals surface area contributed by atoms with Crippen LogP contribution in [0.2, 0.25) is 5.02 Å². The molecule has 1 aromatic carbocycles. The van der Waals surface area contributed by atoms with Crippen molar-refractivity contribution in [2.45, 2.75) is 26.2 Å². The number of carboxylic acids is 1. The van der Waals surface area contributed by atoms with Crippen molar-refractivity contribution in [3.05, 3.63) is 40.5 Å². The number of rotatable bonds is 5. The topological polar surface area (TPSA) is 64.3 Å². The highest BCUT2D eigenvalue weighted by Gasteiger charge is 2.23. The fourth-order valence-electron chi connectivity index (χ4n) is 2.22. The summed E-state index contributed by atoms with van der Waals surface area (Å²) in [6.45, 7) is 3.94. The highest BCUT2D eigenvalue weighted by atomic mass is 35.5. The Kier molecular flexibility index (Phi) is 4.53. The van der Waals surface area contributed by atoms with Crippen LogP contribution in [-0.2, 0) is 11.2 Å². The van der Waals surface area contributed by atoms with Gasteiger partial charge in [0.05, 0.1) is 24.9 Å². The number of methoxy groups -OCH3 is 1. The molecule has 0 spiro atoms. The Morgan fingerprint density at radius 2 is 2.19 bits per heavy atom. The Bertz CT molecular complexity index is 665. The van der Waals surface area contributed by atoms with Crippen molar-refractivity contribution < 1.29 is 14.6 Å². The first-order chi connectivity index (χ1) is 9.93. The van der Waals surface area contributed by atoms with Crippen LogP contribution in [0.4, 0.5) is 0 Å². The number of aliphatic carboxylic acids is 1. The van der Waals surface area contributed by atoms with E-state index in [0.29, 0.717) is 22.2 Å². The molecular formula is C15H17ClN2O3. The number of nitrogens with zero attached hydrogens (tertiary/aromatic N) is 2.